The van der Waals surface area contributed by atoms with Crippen LogP contribution < -0.4 is 5.32 Å². The lowest BCUT2D eigenvalue weighted by Crippen LogP contribution is -2.47. The maximum atomic E-state index is 12.3. The van der Waals surface area contributed by atoms with Gasteiger partial charge in [-0.2, -0.15) is 0 Å². The van der Waals surface area contributed by atoms with E-state index < -0.39 is 0 Å². The maximum Gasteiger partial charge on any atom is 0.409 e. The van der Waals surface area contributed by atoms with E-state index in [0.717, 1.165) is 25.7 Å². The average Bonchev–Trinajstić information content (AvgIpc) is 3.16. The molecule has 27 heavy (non-hydrogen) atoms. The molecule has 0 radical (unpaired) electrons. The zero-order chi connectivity index (χ0) is 19.1. The lowest BCUT2D eigenvalue weighted by molar-refractivity contribution is -0.119. The summed E-state index contributed by atoms with van der Waals surface area (Å²) >= 11 is 1.39. The van der Waals surface area contributed by atoms with Gasteiger partial charge >= 0.3 is 6.09 Å². The Morgan fingerprint density at radius 1 is 1.19 bits per heavy atom. The first-order valence-electron chi connectivity index (χ1n) is 9.79. The van der Waals surface area contributed by atoms with Gasteiger partial charge in [-0.15, -0.1) is 5.10 Å². The largest absolute Gasteiger partial charge is 0.450 e. The van der Waals surface area contributed by atoms with Gasteiger partial charge in [0.05, 0.1) is 18.4 Å². The molecule has 9 nitrogen and oxygen atoms in total. The molecular weight excluding hydrogens is 368 g/mol. The van der Waals surface area contributed by atoms with Gasteiger partial charge in [-0.05, 0) is 43.0 Å². The number of ether oxygens (including phenoxy) is 1. The molecule has 2 fully saturated rings. The Hall–Kier alpha value is -1.84. The number of carbonyl (C=O) groups is 2. The van der Waals surface area contributed by atoms with E-state index >= 15 is 0 Å². The highest BCUT2D eigenvalue weighted by molar-refractivity contribution is 7.99. The number of aromatic nitrogens is 4. The molecule has 0 bridgehead atoms. The highest BCUT2D eigenvalue weighted by Gasteiger charge is 2.25. The highest BCUT2D eigenvalue weighted by Crippen LogP contribution is 2.30. The van der Waals surface area contributed by atoms with E-state index in [0.29, 0.717) is 36.6 Å². The first-order chi connectivity index (χ1) is 13.2. The lowest BCUT2D eigenvalue weighted by Gasteiger charge is -2.31. The number of nitrogens with zero attached hydrogens (tertiary/aromatic N) is 5. The maximum absolute atomic E-state index is 12.3. The van der Waals surface area contributed by atoms with Crippen LogP contribution in [-0.2, 0) is 9.53 Å². The molecule has 2 amide bonds. The van der Waals surface area contributed by atoms with E-state index in [1.807, 2.05) is 4.68 Å². The van der Waals surface area contributed by atoms with Crippen LogP contribution in [0.5, 0.6) is 0 Å². The topological polar surface area (TPSA) is 102 Å². The van der Waals surface area contributed by atoms with Gasteiger partial charge in [0, 0.05) is 19.1 Å². The normalized spacial score (nSPS) is 19.1. The molecule has 3 rings (SSSR count). The summed E-state index contributed by atoms with van der Waals surface area (Å²) < 4.78 is 6.90. The number of likely N-dealkylation sites (tertiary alicyclic amines) is 1. The van der Waals surface area contributed by atoms with Crippen LogP contribution in [0.2, 0.25) is 0 Å². The van der Waals surface area contributed by atoms with Crippen LogP contribution in [0.15, 0.2) is 5.16 Å². The summed E-state index contributed by atoms with van der Waals surface area (Å²) in [6.45, 7) is 3.40. The van der Waals surface area contributed by atoms with Crippen LogP contribution >= 0.6 is 11.8 Å². The Labute approximate surface area is 163 Å². The second-order valence-corrected chi connectivity index (χ2v) is 7.96. The van der Waals surface area contributed by atoms with Crippen molar-refractivity contribution in [2.75, 3.05) is 25.4 Å². The molecule has 2 aliphatic rings. The fourth-order valence-electron chi connectivity index (χ4n) is 3.66. The van der Waals surface area contributed by atoms with Crippen LogP contribution in [0.1, 0.15) is 57.9 Å². The monoisotopic (exact) mass is 396 g/mol. The second-order valence-electron chi connectivity index (χ2n) is 7.01. The van der Waals surface area contributed by atoms with Crippen LogP contribution in [0.25, 0.3) is 0 Å². The van der Waals surface area contributed by atoms with E-state index in [1.165, 1.54) is 31.0 Å². The van der Waals surface area contributed by atoms with Crippen molar-refractivity contribution in [3.63, 3.8) is 0 Å². The predicted octanol–water partition coefficient (Wildman–Crippen LogP) is 2.01. The molecule has 1 saturated heterocycles. The van der Waals surface area contributed by atoms with Crippen molar-refractivity contribution in [1.82, 2.24) is 30.4 Å². The van der Waals surface area contributed by atoms with Crippen molar-refractivity contribution in [2.24, 2.45) is 0 Å². The third kappa shape index (κ3) is 5.57. The number of hydrogen-bond acceptors (Lipinski definition) is 7. The summed E-state index contributed by atoms with van der Waals surface area (Å²) in [6.07, 6.45) is 7.11. The number of thioether (sulfide) groups is 1. The molecule has 0 spiro atoms. The smallest absolute Gasteiger partial charge is 0.409 e. The summed E-state index contributed by atoms with van der Waals surface area (Å²) in [5.41, 5.74) is 0. The van der Waals surface area contributed by atoms with Gasteiger partial charge in [-0.3, -0.25) is 4.79 Å². The molecule has 2 heterocycles. The standard InChI is InChI=1S/C17H28N6O3S/c1-2-26-17(25)22-10-8-13(9-11-22)18-15(24)12-27-16-19-20-21-23(16)14-6-4-3-5-7-14/h13-14H,2-12H2,1H3,(H,18,24). The van der Waals surface area contributed by atoms with E-state index in [-0.39, 0.29) is 18.0 Å². The molecule has 10 heteroatoms. The molecule has 0 unspecified atom stereocenters. The highest BCUT2D eigenvalue weighted by atomic mass is 32.2. The molecular formula is C17H28N6O3S. The molecule has 0 aromatic carbocycles. The molecule has 1 aliphatic carbocycles. The van der Waals surface area contributed by atoms with E-state index in [4.69, 9.17) is 4.74 Å². The molecule has 1 aromatic rings. The summed E-state index contributed by atoms with van der Waals surface area (Å²) in [4.78, 5) is 25.7. The van der Waals surface area contributed by atoms with Crippen molar-refractivity contribution in [1.29, 1.82) is 0 Å². The van der Waals surface area contributed by atoms with Crippen molar-refractivity contribution < 1.29 is 14.3 Å². The van der Waals surface area contributed by atoms with Gasteiger partial charge in [0.2, 0.25) is 11.1 Å². The zero-order valence-corrected chi connectivity index (χ0v) is 16.6. The number of amides is 2. The lowest BCUT2D eigenvalue weighted by atomic mass is 9.96. The first-order valence-corrected chi connectivity index (χ1v) is 10.8. The van der Waals surface area contributed by atoms with Crippen molar-refractivity contribution in [3.05, 3.63) is 0 Å². The van der Waals surface area contributed by atoms with Gasteiger partial charge in [-0.25, -0.2) is 9.48 Å². The van der Waals surface area contributed by atoms with Gasteiger partial charge in [0.1, 0.15) is 0 Å². The SMILES string of the molecule is CCOC(=O)N1CCC(NC(=O)CSc2nnnn2C2CCCCC2)CC1. The quantitative estimate of drug-likeness (QED) is 0.734. The summed E-state index contributed by atoms with van der Waals surface area (Å²) in [7, 11) is 0. The van der Waals surface area contributed by atoms with Gasteiger partial charge in [-0.1, -0.05) is 31.0 Å². The minimum absolute atomic E-state index is 0.0206. The molecule has 1 aromatic heterocycles. The fourth-order valence-corrected chi connectivity index (χ4v) is 4.41. The van der Waals surface area contributed by atoms with Crippen molar-refractivity contribution >= 4 is 23.8 Å². The summed E-state index contributed by atoms with van der Waals surface area (Å²) in [6, 6.07) is 0.449. The average molecular weight is 397 g/mol. The Morgan fingerprint density at radius 3 is 2.63 bits per heavy atom. The second kappa shape index (κ2) is 9.91. The Kier molecular flexibility index (Phi) is 7.31. The van der Waals surface area contributed by atoms with Crippen molar-refractivity contribution in [2.45, 2.75) is 69.1 Å². The Bertz CT molecular complexity index is 626. The van der Waals surface area contributed by atoms with Crippen LogP contribution in [-0.4, -0.2) is 68.6 Å². The van der Waals surface area contributed by atoms with E-state index in [2.05, 4.69) is 20.8 Å². The molecule has 1 aliphatic heterocycles. The number of carbonyl (C=O) groups excluding carboxylic acids is 2. The summed E-state index contributed by atoms with van der Waals surface area (Å²) in [5, 5.41) is 15.8. The Morgan fingerprint density at radius 2 is 1.93 bits per heavy atom. The van der Waals surface area contributed by atoms with Crippen LogP contribution in [0.4, 0.5) is 4.79 Å². The molecule has 1 N–H and O–H groups in total. The third-order valence-electron chi connectivity index (χ3n) is 5.10. The number of nitrogens with one attached hydrogen (secondary N) is 1. The van der Waals surface area contributed by atoms with E-state index in [1.54, 1.807) is 11.8 Å². The third-order valence-corrected chi connectivity index (χ3v) is 6.04. The van der Waals surface area contributed by atoms with E-state index in [9.17, 15) is 9.59 Å². The number of rotatable bonds is 6. The number of hydrogen-bond donors (Lipinski definition) is 1. The minimum atomic E-state index is -0.271. The minimum Gasteiger partial charge on any atom is -0.450 e. The van der Waals surface area contributed by atoms with Gasteiger partial charge in [0.25, 0.3) is 0 Å². The molecule has 1 saturated carbocycles. The Balaban J connectivity index is 1.41. The first kappa shape index (κ1) is 19.9. The fraction of sp³-hybridized carbons (Fsp3) is 0.824. The van der Waals surface area contributed by atoms with Crippen LogP contribution in [0, 0.1) is 0 Å². The van der Waals surface area contributed by atoms with Crippen LogP contribution in [0.3, 0.4) is 0 Å². The van der Waals surface area contributed by atoms with Gasteiger partial charge < -0.3 is 15.0 Å². The number of tetrazole rings is 1. The summed E-state index contributed by atoms with van der Waals surface area (Å²) in [5.74, 6) is 0.276. The van der Waals surface area contributed by atoms with Gasteiger partial charge in [0.15, 0.2) is 0 Å². The predicted molar refractivity (Wildman–Crippen MR) is 100 cm³/mol. The number of piperidine rings is 1. The zero-order valence-electron chi connectivity index (χ0n) is 15.8. The molecule has 150 valence electrons. The van der Waals surface area contributed by atoms with Crippen molar-refractivity contribution in [3.8, 4) is 0 Å². The molecule has 0 atom stereocenters.